The SMILES string of the molecule is CC(C)NCc1cc(Br)ccc1Oc1cc(F)ccc1F. The molecular formula is C16H16BrF2NO. The number of halogens is 3. The number of nitrogens with one attached hydrogen (secondary N) is 1. The van der Waals surface area contributed by atoms with E-state index in [4.69, 9.17) is 4.74 Å². The molecule has 0 unspecified atom stereocenters. The van der Waals surface area contributed by atoms with Gasteiger partial charge < -0.3 is 10.1 Å². The maximum absolute atomic E-state index is 13.7. The highest BCUT2D eigenvalue weighted by molar-refractivity contribution is 9.10. The number of ether oxygens (including phenoxy) is 1. The molecule has 0 fully saturated rings. The van der Waals surface area contributed by atoms with Crippen LogP contribution in [0.15, 0.2) is 40.9 Å². The van der Waals surface area contributed by atoms with Gasteiger partial charge in [0, 0.05) is 28.7 Å². The Bertz CT molecular complexity index is 632. The third-order valence-electron chi connectivity index (χ3n) is 2.84. The Balaban J connectivity index is 2.28. The van der Waals surface area contributed by atoms with Crippen molar-refractivity contribution in [3.05, 3.63) is 58.1 Å². The maximum atomic E-state index is 13.7. The van der Waals surface area contributed by atoms with Gasteiger partial charge in [-0.3, -0.25) is 0 Å². The molecule has 5 heteroatoms. The van der Waals surface area contributed by atoms with Gasteiger partial charge in [0.1, 0.15) is 11.6 Å². The van der Waals surface area contributed by atoms with E-state index in [2.05, 4.69) is 21.2 Å². The summed E-state index contributed by atoms with van der Waals surface area (Å²) in [5, 5.41) is 3.27. The normalized spacial score (nSPS) is 11.0. The second-order valence-corrected chi connectivity index (χ2v) is 5.88. The molecule has 112 valence electrons. The summed E-state index contributed by atoms with van der Waals surface area (Å²) in [7, 11) is 0. The van der Waals surface area contributed by atoms with Gasteiger partial charge in [0.25, 0.3) is 0 Å². The van der Waals surface area contributed by atoms with Crippen LogP contribution in [0.2, 0.25) is 0 Å². The molecule has 0 aliphatic heterocycles. The average molecular weight is 356 g/mol. The molecule has 1 N–H and O–H groups in total. The Hall–Kier alpha value is -1.46. The molecule has 2 rings (SSSR count). The minimum absolute atomic E-state index is 0.122. The maximum Gasteiger partial charge on any atom is 0.165 e. The third-order valence-corrected chi connectivity index (χ3v) is 3.33. The molecule has 21 heavy (non-hydrogen) atoms. The van der Waals surface area contributed by atoms with E-state index in [-0.39, 0.29) is 5.75 Å². The predicted octanol–water partition coefficient (Wildman–Crippen LogP) is 5.02. The van der Waals surface area contributed by atoms with Gasteiger partial charge in [-0.1, -0.05) is 29.8 Å². The molecule has 0 spiro atoms. The van der Waals surface area contributed by atoms with Gasteiger partial charge >= 0.3 is 0 Å². The second-order valence-electron chi connectivity index (χ2n) is 4.96. The first-order chi connectivity index (χ1) is 9.95. The lowest BCUT2D eigenvalue weighted by molar-refractivity contribution is 0.429. The Morgan fingerprint density at radius 3 is 2.57 bits per heavy atom. The van der Waals surface area contributed by atoms with Crippen LogP contribution in [0.25, 0.3) is 0 Å². The molecule has 0 saturated heterocycles. The molecule has 0 saturated carbocycles. The largest absolute Gasteiger partial charge is 0.454 e. The summed E-state index contributed by atoms with van der Waals surface area (Å²) in [5.41, 5.74) is 0.863. The van der Waals surface area contributed by atoms with Crippen LogP contribution in [-0.2, 0) is 6.54 Å². The van der Waals surface area contributed by atoms with E-state index in [1.807, 2.05) is 19.9 Å². The van der Waals surface area contributed by atoms with Crippen molar-refractivity contribution in [3.8, 4) is 11.5 Å². The van der Waals surface area contributed by atoms with Crippen molar-refractivity contribution >= 4 is 15.9 Å². The highest BCUT2D eigenvalue weighted by Gasteiger charge is 2.10. The van der Waals surface area contributed by atoms with Crippen molar-refractivity contribution < 1.29 is 13.5 Å². The topological polar surface area (TPSA) is 21.3 Å². The first-order valence-corrected chi connectivity index (χ1v) is 7.39. The lowest BCUT2D eigenvalue weighted by Crippen LogP contribution is -2.22. The van der Waals surface area contributed by atoms with E-state index in [9.17, 15) is 8.78 Å². The van der Waals surface area contributed by atoms with Gasteiger partial charge in [0.2, 0.25) is 0 Å². The quantitative estimate of drug-likeness (QED) is 0.813. The first kappa shape index (κ1) is 15.9. The van der Waals surface area contributed by atoms with Gasteiger partial charge in [0.15, 0.2) is 11.6 Å². The summed E-state index contributed by atoms with van der Waals surface area (Å²) in [6.07, 6.45) is 0. The van der Waals surface area contributed by atoms with Crippen molar-refractivity contribution in [2.24, 2.45) is 0 Å². The molecule has 0 aromatic heterocycles. The first-order valence-electron chi connectivity index (χ1n) is 6.60. The third kappa shape index (κ3) is 4.51. The van der Waals surface area contributed by atoms with Crippen LogP contribution in [0.5, 0.6) is 11.5 Å². The summed E-state index contributed by atoms with van der Waals surface area (Å²) in [6, 6.07) is 8.87. The lowest BCUT2D eigenvalue weighted by Gasteiger charge is -2.14. The number of hydrogen-bond donors (Lipinski definition) is 1. The van der Waals surface area contributed by atoms with E-state index in [1.165, 1.54) is 0 Å². The second kappa shape index (κ2) is 7.00. The zero-order valence-corrected chi connectivity index (χ0v) is 13.4. The zero-order valence-electron chi connectivity index (χ0n) is 11.8. The number of rotatable bonds is 5. The van der Waals surface area contributed by atoms with Crippen LogP contribution in [0.1, 0.15) is 19.4 Å². The van der Waals surface area contributed by atoms with Crippen LogP contribution in [0, 0.1) is 11.6 Å². The van der Waals surface area contributed by atoms with E-state index in [1.54, 1.807) is 12.1 Å². The van der Waals surface area contributed by atoms with Gasteiger partial charge in [0.05, 0.1) is 0 Å². The van der Waals surface area contributed by atoms with Crippen LogP contribution in [0.3, 0.4) is 0 Å². The van der Waals surface area contributed by atoms with Gasteiger partial charge in [-0.05, 0) is 30.3 Å². The van der Waals surface area contributed by atoms with Crippen LogP contribution >= 0.6 is 15.9 Å². The highest BCUT2D eigenvalue weighted by atomic mass is 79.9. The summed E-state index contributed by atoms with van der Waals surface area (Å²) >= 11 is 3.40. The molecular weight excluding hydrogens is 340 g/mol. The Morgan fingerprint density at radius 2 is 1.86 bits per heavy atom. The Morgan fingerprint density at radius 1 is 1.10 bits per heavy atom. The van der Waals surface area contributed by atoms with E-state index in [0.29, 0.717) is 18.3 Å². The van der Waals surface area contributed by atoms with Gasteiger partial charge in [-0.2, -0.15) is 0 Å². The van der Waals surface area contributed by atoms with Crippen LogP contribution in [0.4, 0.5) is 8.78 Å². The number of hydrogen-bond acceptors (Lipinski definition) is 2. The van der Waals surface area contributed by atoms with Crippen molar-refractivity contribution in [1.82, 2.24) is 5.32 Å². The van der Waals surface area contributed by atoms with Gasteiger partial charge in [-0.25, -0.2) is 8.78 Å². The minimum atomic E-state index is -0.595. The molecule has 2 aromatic carbocycles. The van der Waals surface area contributed by atoms with Crippen molar-refractivity contribution in [2.45, 2.75) is 26.4 Å². The van der Waals surface area contributed by atoms with Crippen molar-refractivity contribution in [2.75, 3.05) is 0 Å². The molecule has 0 bridgehead atoms. The molecule has 0 heterocycles. The lowest BCUT2D eigenvalue weighted by atomic mass is 10.2. The van der Waals surface area contributed by atoms with E-state index in [0.717, 1.165) is 28.2 Å². The van der Waals surface area contributed by atoms with E-state index >= 15 is 0 Å². The van der Waals surface area contributed by atoms with Crippen LogP contribution < -0.4 is 10.1 Å². The zero-order chi connectivity index (χ0) is 15.4. The van der Waals surface area contributed by atoms with Crippen molar-refractivity contribution in [3.63, 3.8) is 0 Å². The molecule has 0 atom stereocenters. The van der Waals surface area contributed by atoms with Gasteiger partial charge in [-0.15, -0.1) is 0 Å². The minimum Gasteiger partial charge on any atom is -0.454 e. The van der Waals surface area contributed by atoms with Crippen molar-refractivity contribution in [1.29, 1.82) is 0 Å². The molecule has 0 aliphatic carbocycles. The highest BCUT2D eigenvalue weighted by Crippen LogP contribution is 2.30. The van der Waals surface area contributed by atoms with Crippen LogP contribution in [-0.4, -0.2) is 6.04 Å². The fraction of sp³-hybridized carbons (Fsp3) is 0.250. The Kier molecular flexibility index (Phi) is 5.31. The summed E-state index contributed by atoms with van der Waals surface area (Å²) in [5.74, 6) is -0.758. The van der Waals surface area contributed by atoms with E-state index < -0.39 is 11.6 Å². The number of benzene rings is 2. The fourth-order valence-corrected chi connectivity index (χ4v) is 2.18. The summed E-state index contributed by atoms with van der Waals surface area (Å²) < 4.78 is 33.3. The molecule has 0 radical (unpaired) electrons. The molecule has 0 aliphatic rings. The standard InChI is InChI=1S/C16H16BrF2NO/c1-10(2)20-9-11-7-12(17)3-6-15(11)21-16-8-13(18)4-5-14(16)19/h3-8,10,20H,9H2,1-2H3. The Labute approximate surface area is 131 Å². The summed E-state index contributed by atoms with van der Waals surface area (Å²) in [4.78, 5) is 0. The predicted molar refractivity (Wildman–Crippen MR) is 82.5 cm³/mol. The smallest absolute Gasteiger partial charge is 0.165 e. The average Bonchev–Trinajstić information content (AvgIpc) is 2.43. The monoisotopic (exact) mass is 355 g/mol. The molecule has 2 aromatic rings. The summed E-state index contributed by atoms with van der Waals surface area (Å²) in [6.45, 7) is 4.64. The molecule has 2 nitrogen and oxygen atoms in total. The molecule has 0 amide bonds. The fourth-order valence-electron chi connectivity index (χ4n) is 1.77.